The molecule has 2 N–H and O–H groups in total. The minimum Gasteiger partial charge on any atom is -0.489 e. The van der Waals surface area contributed by atoms with Crippen molar-refractivity contribution in [3.05, 3.63) is 30.1 Å². The van der Waals surface area contributed by atoms with Gasteiger partial charge in [0.1, 0.15) is 17.7 Å². The van der Waals surface area contributed by atoms with Crippen molar-refractivity contribution in [1.29, 1.82) is 0 Å². The first-order valence-corrected chi connectivity index (χ1v) is 9.77. The summed E-state index contributed by atoms with van der Waals surface area (Å²) < 4.78 is 18.7. The molecule has 1 aromatic rings. The number of aliphatic imine (C=N–C) groups is 1. The zero-order valence-electron chi connectivity index (χ0n) is 16.3. The van der Waals surface area contributed by atoms with Gasteiger partial charge in [0, 0.05) is 32.2 Å². The highest BCUT2D eigenvalue weighted by Gasteiger charge is 2.30. The molecular weight excluding hydrogens is 458 g/mol. The summed E-state index contributed by atoms with van der Waals surface area (Å²) in [4.78, 5) is 6.97. The second kappa shape index (κ2) is 11.0. The van der Waals surface area contributed by atoms with Crippen LogP contribution in [0.3, 0.4) is 0 Å². The van der Waals surface area contributed by atoms with Crippen LogP contribution in [0.4, 0.5) is 4.39 Å². The van der Waals surface area contributed by atoms with Gasteiger partial charge in [-0.25, -0.2) is 4.39 Å². The molecule has 1 aliphatic heterocycles. The second-order valence-electron chi connectivity index (χ2n) is 7.40. The number of benzene rings is 1. The number of hydrogen-bond donors (Lipinski definition) is 2. The van der Waals surface area contributed by atoms with Gasteiger partial charge in [-0.15, -0.1) is 24.0 Å². The molecule has 0 aromatic heterocycles. The van der Waals surface area contributed by atoms with Crippen LogP contribution in [0.5, 0.6) is 5.75 Å². The number of nitrogens with zero attached hydrogens (tertiary/aromatic N) is 2. The fourth-order valence-electron chi connectivity index (χ4n) is 3.92. The molecule has 7 heteroatoms. The smallest absolute Gasteiger partial charge is 0.191 e. The number of nitrogens with one attached hydrogen (secondary N) is 2. The molecule has 2 fully saturated rings. The summed E-state index contributed by atoms with van der Waals surface area (Å²) in [5.41, 5.74) is 0. The molecule has 1 saturated carbocycles. The van der Waals surface area contributed by atoms with Crippen molar-refractivity contribution in [2.45, 2.75) is 57.2 Å². The van der Waals surface area contributed by atoms with E-state index in [1.165, 1.54) is 50.8 Å². The number of ether oxygens (including phenoxy) is 1. The van der Waals surface area contributed by atoms with Crippen LogP contribution in [0.15, 0.2) is 29.3 Å². The van der Waals surface area contributed by atoms with Gasteiger partial charge in [0.2, 0.25) is 0 Å². The molecule has 0 spiro atoms. The lowest BCUT2D eigenvalue weighted by molar-refractivity contribution is 0.223. The van der Waals surface area contributed by atoms with Gasteiger partial charge in [-0.1, -0.05) is 12.8 Å². The first-order valence-electron chi connectivity index (χ1n) is 9.77. The summed E-state index contributed by atoms with van der Waals surface area (Å²) >= 11 is 0. The largest absolute Gasteiger partial charge is 0.489 e. The highest BCUT2D eigenvalue weighted by molar-refractivity contribution is 14.0. The number of halogens is 2. The molecule has 3 rings (SSSR count). The van der Waals surface area contributed by atoms with E-state index in [9.17, 15) is 4.39 Å². The third-order valence-electron chi connectivity index (χ3n) is 5.33. The molecule has 1 saturated heterocycles. The summed E-state index contributed by atoms with van der Waals surface area (Å²) in [6.45, 7) is 4.91. The predicted octanol–water partition coefficient (Wildman–Crippen LogP) is 3.39. The van der Waals surface area contributed by atoms with E-state index >= 15 is 0 Å². The highest BCUT2D eigenvalue weighted by atomic mass is 127. The topological polar surface area (TPSA) is 48.9 Å². The standard InChI is InChI=1S/C20H31FN4O.HI/c1-15(26-19-9-7-16(21)8-10-19)13-23-20(22-2)24-17-11-12-25(14-17)18-5-3-4-6-18;/h7-10,15,17-18H,3-6,11-14H2,1-2H3,(H2,22,23,24);1H. The summed E-state index contributed by atoms with van der Waals surface area (Å²) in [7, 11) is 1.80. The maximum Gasteiger partial charge on any atom is 0.191 e. The first kappa shape index (κ1) is 22.2. The Morgan fingerprint density at radius 1 is 1.26 bits per heavy atom. The van der Waals surface area contributed by atoms with Gasteiger partial charge in [-0.2, -0.15) is 0 Å². The zero-order chi connectivity index (χ0) is 18.4. The van der Waals surface area contributed by atoms with Gasteiger partial charge in [-0.3, -0.25) is 9.89 Å². The molecule has 0 radical (unpaired) electrons. The van der Waals surface area contributed by atoms with Crippen LogP contribution in [-0.4, -0.2) is 55.7 Å². The highest BCUT2D eigenvalue weighted by Crippen LogP contribution is 2.26. The van der Waals surface area contributed by atoms with Gasteiger partial charge in [-0.05, 0) is 50.5 Å². The first-order chi connectivity index (χ1) is 12.6. The average Bonchev–Trinajstić information content (AvgIpc) is 3.32. The predicted molar refractivity (Wildman–Crippen MR) is 119 cm³/mol. The van der Waals surface area contributed by atoms with E-state index in [4.69, 9.17) is 4.74 Å². The maximum absolute atomic E-state index is 12.9. The van der Waals surface area contributed by atoms with Crippen LogP contribution in [0.25, 0.3) is 0 Å². The van der Waals surface area contributed by atoms with Crippen molar-refractivity contribution in [2.75, 3.05) is 26.7 Å². The van der Waals surface area contributed by atoms with E-state index in [-0.39, 0.29) is 35.9 Å². The molecule has 0 amide bonds. The number of hydrogen-bond acceptors (Lipinski definition) is 3. The second-order valence-corrected chi connectivity index (χ2v) is 7.40. The molecule has 1 aromatic carbocycles. The third kappa shape index (κ3) is 6.78. The van der Waals surface area contributed by atoms with E-state index < -0.39 is 0 Å². The van der Waals surface area contributed by atoms with Crippen molar-refractivity contribution in [3.8, 4) is 5.75 Å². The monoisotopic (exact) mass is 490 g/mol. The molecule has 2 aliphatic rings. The van der Waals surface area contributed by atoms with Crippen molar-refractivity contribution in [1.82, 2.24) is 15.5 Å². The van der Waals surface area contributed by atoms with Gasteiger partial charge >= 0.3 is 0 Å². The van der Waals surface area contributed by atoms with Gasteiger partial charge in [0.15, 0.2) is 5.96 Å². The van der Waals surface area contributed by atoms with E-state index in [2.05, 4.69) is 20.5 Å². The summed E-state index contributed by atoms with van der Waals surface area (Å²) in [5.74, 6) is 1.24. The van der Waals surface area contributed by atoms with Crippen LogP contribution >= 0.6 is 24.0 Å². The zero-order valence-corrected chi connectivity index (χ0v) is 18.6. The Bertz CT molecular complexity index is 592. The Labute approximate surface area is 179 Å². The lowest BCUT2D eigenvalue weighted by Crippen LogP contribution is -2.47. The van der Waals surface area contributed by atoms with Gasteiger partial charge in [0.25, 0.3) is 0 Å². The Morgan fingerprint density at radius 3 is 2.63 bits per heavy atom. The fourth-order valence-corrected chi connectivity index (χ4v) is 3.92. The summed E-state index contributed by atoms with van der Waals surface area (Å²) in [6, 6.07) is 7.36. The van der Waals surface area contributed by atoms with Crippen molar-refractivity contribution in [3.63, 3.8) is 0 Å². The van der Waals surface area contributed by atoms with E-state index in [1.807, 2.05) is 6.92 Å². The molecule has 2 unspecified atom stereocenters. The minimum atomic E-state index is -0.254. The maximum atomic E-state index is 12.9. The normalized spacial score (nSPS) is 22.3. The minimum absolute atomic E-state index is 0. The van der Waals surface area contributed by atoms with Crippen LogP contribution in [0.2, 0.25) is 0 Å². The average molecular weight is 490 g/mol. The molecule has 1 heterocycles. The molecule has 0 bridgehead atoms. The Hall–Kier alpha value is -1.09. The Morgan fingerprint density at radius 2 is 1.96 bits per heavy atom. The number of likely N-dealkylation sites (tertiary alicyclic amines) is 1. The molecule has 1 aliphatic carbocycles. The summed E-state index contributed by atoms with van der Waals surface area (Å²) in [5, 5.41) is 6.87. The van der Waals surface area contributed by atoms with Crippen LogP contribution < -0.4 is 15.4 Å². The van der Waals surface area contributed by atoms with Crippen LogP contribution in [-0.2, 0) is 0 Å². The number of guanidine groups is 1. The summed E-state index contributed by atoms with van der Waals surface area (Å²) in [6.07, 6.45) is 6.61. The molecule has 27 heavy (non-hydrogen) atoms. The fraction of sp³-hybridized carbons (Fsp3) is 0.650. The lowest BCUT2D eigenvalue weighted by Gasteiger charge is -2.24. The van der Waals surface area contributed by atoms with Crippen molar-refractivity contribution in [2.24, 2.45) is 4.99 Å². The van der Waals surface area contributed by atoms with Crippen LogP contribution in [0, 0.1) is 5.82 Å². The Balaban J connectivity index is 0.00000261. The SMILES string of the molecule is CN=C(NCC(C)Oc1ccc(F)cc1)NC1CCN(C2CCCC2)C1.I. The van der Waals surface area contributed by atoms with E-state index in [0.29, 0.717) is 18.3 Å². The van der Waals surface area contributed by atoms with E-state index in [1.54, 1.807) is 19.2 Å². The molecule has 5 nitrogen and oxygen atoms in total. The molecule has 2 atom stereocenters. The third-order valence-corrected chi connectivity index (χ3v) is 5.33. The Kier molecular flexibility index (Phi) is 9.08. The van der Waals surface area contributed by atoms with Gasteiger partial charge in [0.05, 0.1) is 6.54 Å². The molecule has 152 valence electrons. The van der Waals surface area contributed by atoms with Crippen molar-refractivity contribution < 1.29 is 9.13 Å². The molecular formula is C20H32FIN4O. The number of rotatable bonds is 6. The van der Waals surface area contributed by atoms with E-state index in [0.717, 1.165) is 18.5 Å². The van der Waals surface area contributed by atoms with Gasteiger partial charge < -0.3 is 15.4 Å². The lowest BCUT2D eigenvalue weighted by atomic mass is 10.2. The van der Waals surface area contributed by atoms with Crippen LogP contribution in [0.1, 0.15) is 39.0 Å². The van der Waals surface area contributed by atoms with Crippen molar-refractivity contribution >= 4 is 29.9 Å². The quantitative estimate of drug-likeness (QED) is 0.365.